The van der Waals surface area contributed by atoms with Crippen LogP contribution >= 0.6 is 0 Å². The highest BCUT2D eigenvalue weighted by Crippen LogP contribution is 2.51. The summed E-state index contributed by atoms with van der Waals surface area (Å²) in [6.07, 6.45) is 0. The number of hydrogen-bond donors (Lipinski definition) is 0. The van der Waals surface area contributed by atoms with Crippen LogP contribution < -0.4 is 4.90 Å². The van der Waals surface area contributed by atoms with Gasteiger partial charge >= 0.3 is 0 Å². The van der Waals surface area contributed by atoms with Crippen molar-refractivity contribution >= 4 is 81.7 Å². The number of anilines is 3. The fourth-order valence-corrected chi connectivity index (χ4v) is 8.88. The van der Waals surface area contributed by atoms with Gasteiger partial charge in [0.2, 0.25) is 0 Å². The Balaban J connectivity index is 1.22. The van der Waals surface area contributed by atoms with E-state index in [9.17, 15) is 0 Å². The molecule has 0 heterocycles. The Kier molecular flexibility index (Phi) is 7.25. The van der Waals surface area contributed by atoms with E-state index in [1.165, 1.54) is 92.6 Å². The Morgan fingerprint density at radius 2 is 0.764 bits per heavy atom. The van der Waals surface area contributed by atoms with E-state index in [2.05, 4.69) is 217 Å². The van der Waals surface area contributed by atoms with E-state index in [1.54, 1.807) is 0 Å². The maximum absolute atomic E-state index is 2.50. The van der Waals surface area contributed by atoms with Crippen LogP contribution in [0.2, 0.25) is 0 Å². The summed E-state index contributed by atoms with van der Waals surface area (Å²) in [5.74, 6) is 0. The predicted octanol–water partition coefficient (Wildman–Crippen LogP) is 15.4. The number of rotatable bonds is 5. The molecule has 0 aliphatic heterocycles. The van der Waals surface area contributed by atoms with Crippen molar-refractivity contribution in [1.29, 1.82) is 0 Å². The number of fused-ring (bicyclic) bond motifs is 8. The molecule has 0 radical (unpaired) electrons. The summed E-state index contributed by atoms with van der Waals surface area (Å²) in [5.41, 5.74) is 8.27. The van der Waals surface area contributed by atoms with Crippen molar-refractivity contribution in [3.63, 3.8) is 0 Å². The van der Waals surface area contributed by atoms with Gasteiger partial charge in [0.1, 0.15) is 0 Å². The molecule has 0 bridgehead atoms. The first-order valence-corrected chi connectivity index (χ1v) is 19.0. The molecule has 0 saturated carbocycles. The van der Waals surface area contributed by atoms with Crippen LogP contribution in [0, 0.1) is 0 Å². The quantitative estimate of drug-likeness (QED) is 0.162. The summed E-state index contributed by atoms with van der Waals surface area (Å²) in [7, 11) is 0. The van der Waals surface area contributed by atoms with Gasteiger partial charge in [-0.15, -0.1) is 0 Å². The highest BCUT2D eigenvalue weighted by atomic mass is 15.1. The minimum absolute atomic E-state index is 1.10. The lowest BCUT2D eigenvalue weighted by molar-refractivity contribution is 1.31. The first-order valence-electron chi connectivity index (χ1n) is 19.0. The molecular weight excluding hydrogens is 663 g/mol. The molecule has 1 heteroatoms. The molecule has 11 aromatic rings. The van der Waals surface area contributed by atoms with E-state index < -0.39 is 0 Å². The summed E-state index contributed by atoms with van der Waals surface area (Å²) in [6, 6.07) is 78.0. The minimum Gasteiger partial charge on any atom is -0.309 e. The zero-order chi connectivity index (χ0) is 36.3. The smallest absolute Gasteiger partial charge is 0.0625 e. The summed E-state index contributed by atoms with van der Waals surface area (Å²) in [4.78, 5) is 2.50. The molecule has 11 rings (SSSR count). The summed E-state index contributed by atoms with van der Waals surface area (Å²) >= 11 is 0. The standard InChI is InChI=1S/C54H35N/c1-2-16-39-34-42(33-28-36(39)14-1)55(41-31-29-38(30-32-41)52-35-40-17-4-6-20-44(40)45-21-7-8-24-48(45)52)54-51-26-12-10-23-47(51)46-22-9-11-25-50(46)53(54)49-27-13-18-37-15-3-5-19-43(37)49/h1-35H. The first kappa shape index (κ1) is 31.3. The van der Waals surface area contributed by atoms with Gasteiger partial charge in [0.25, 0.3) is 0 Å². The van der Waals surface area contributed by atoms with Crippen molar-refractivity contribution in [2.75, 3.05) is 4.90 Å². The maximum atomic E-state index is 2.50. The summed E-state index contributed by atoms with van der Waals surface area (Å²) in [5, 5.41) is 14.9. The maximum Gasteiger partial charge on any atom is 0.0625 e. The fourth-order valence-electron chi connectivity index (χ4n) is 8.88. The Labute approximate surface area is 320 Å². The number of hydrogen-bond acceptors (Lipinski definition) is 1. The highest BCUT2D eigenvalue weighted by Gasteiger charge is 2.25. The molecule has 0 spiro atoms. The fraction of sp³-hybridized carbons (Fsp3) is 0. The van der Waals surface area contributed by atoms with Crippen LogP contribution in [-0.4, -0.2) is 0 Å². The SMILES string of the molecule is c1ccc2cc(N(c3ccc(-c4cc5ccccc5c5ccccc45)cc3)c3c(-c4cccc5ccccc45)c4ccccc4c4ccccc34)ccc2c1. The van der Waals surface area contributed by atoms with Crippen molar-refractivity contribution in [3.05, 3.63) is 212 Å². The second kappa shape index (κ2) is 12.7. The Morgan fingerprint density at radius 3 is 1.51 bits per heavy atom. The van der Waals surface area contributed by atoms with Gasteiger partial charge < -0.3 is 4.90 Å². The monoisotopic (exact) mass is 697 g/mol. The third-order valence-corrected chi connectivity index (χ3v) is 11.4. The molecule has 11 aromatic carbocycles. The average Bonchev–Trinajstić information content (AvgIpc) is 3.26. The second-order valence-corrected chi connectivity index (χ2v) is 14.4. The summed E-state index contributed by atoms with van der Waals surface area (Å²) < 4.78 is 0. The molecule has 0 amide bonds. The van der Waals surface area contributed by atoms with Gasteiger partial charge in [0, 0.05) is 22.3 Å². The molecule has 55 heavy (non-hydrogen) atoms. The van der Waals surface area contributed by atoms with Crippen LogP contribution in [0.1, 0.15) is 0 Å². The lowest BCUT2D eigenvalue weighted by Crippen LogP contribution is -2.12. The van der Waals surface area contributed by atoms with Gasteiger partial charge in [0.15, 0.2) is 0 Å². The minimum atomic E-state index is 1.10. The molecule has 0 fully saturated rings. The Morgan fingerprint density at radius 1 is 0.255 bits per heavy atom. The third kappa shape index (κ3) is 5.09. The van der Waals surface area contributed by atoms with Crippen molar-refractivity contribution < 1.29 is 0 Å². The normalized spacial score (nSPS) is 11.6. The van der Waals surface area contributed by atoms with Crippen molar-refractivity contribution in [3.8, 4) is 22.3 Å². The topological polar surface area (TPSA) is 3.24 Å². The molecule has 0 atom stereocenters. The molecule has 0 aliphatic rings. The van der Waals surface area contributed by atoms with E-state index in [0.717, 1.165) is 11.4 Å². The van der Waals surface area contributed by atoms with Crippen LogP contribution in [0.3, 0.4) is 0 Å². The zero-order valence-electron chi connectivity index (χ0n) is 30.2. The van der Waals surface area contributed by atoms with Gasteiger partial charge in [-0.3, -0.25) is 0 Å². The second-order valence-electron chi connectivity index (χ2n) is 14.4. The van der Waals surface area contributed by atoms with Crippen molar-refractivity contribution in [2.24, 2.45) is 0 Å². The van der Waals surface area contributed by atoms with Crippen molar-refractivity contribution in [2.45, 2.75) is 0 Å². The highest BCUT2D eigenvalue weighted by molar-refractivity contribution is 6.24. The Bertz CT molecular complexity index is 3260. The molecule has 0 aliphatic carbocycles. The zero-order valence-corrected chi connectivity index (χ0v) is 30.2. The number of benzene rings is 11. The van der Waals surface area contributed by atoms with Crippen LogP contribution in [0.25, 0.3) is 86.9 Å². The van der Waals surface area contributed by atoms with Gasteiger partial charge in [-0.1, -0.05) is 182 Å². The average molecular weight is 698 g/mol. The molecule has 256 valence electrons. The Hall–Kier alpha value is -7.22. The van der Waals surface area contributed by atoms with Gasteiger partial charge in [-0.25, -0.2) is 0 Å². The molecule has 0 N–H and O–H groups in total. The van der Waals surface area contributed by atoms with E-state index >= 15 is 0 Å². The van der Waals surface area contributed by atoms with Crippen LogP contribution in [0.15, 0.2) is 212 Å². The predicted molar refractivity (Wildman–Crippen MR) is 237 cm³/mol. The molecule has 0 saturated heterocycles. The van der Waals surface area contributed by atoms with Crippen LogP contribution in [0.5, 0.6) is 0 Å². The van der Waals surface area contributed by atoms with Gasteiger partial charge in [-0.2, -0.15) is 0 Å². The molecule has 0 aromatic heterocycles. The van der Waals surface area contributed by atoms with Gasteiger partial charge in [0.05, 0.1) is 5.69 Å². The van der Waals surface area contributed by atoms with Crippen LogP contribution in [-0.2, 0) is 0 Å². The van der Waals surface area contributed by atoms with E-state index in [-0.39, 0.29) is 0 Å². The third-order valence-electron chi connectivity index (χ3n) is 11.4. The van der Waals surface area contributed by atoms with E-state index in [1.807, 2.05) is 0 Å². The lowest BCUT2D eigenvalue weighted by atomic mass is 9.88. The molecule has 1 nitrogen and oxygen atoms in total. The van der Waals surface area contributed by atoms with Gasteiger partial charge in [-0.05, 0) is 106 Å². The van der Waals surface area contributed by atoms with Crippen LogP contribution in [0.4, 0.5) is 17.1 Å². The van der Waals surface area contributed by atoms with E-state index in [4.69, 9.17) is 0 Å². The van der Waals surface area contributed by atoms with Crippen molar-refractivity contribution in [1.82, 2.24) is 0 Å². The molecular formula is C54H35N. The lowest BCUT2D eigenvalue weighted by Gasteiger charge is -2.31. The largest absolute Gasteiger partial charge is 0.309 e. The summed E-state index contributed by atoms with van der Waals surface area (Å²) in [6.45, 7) is 0. The molecule has 0 unspecified atom stereocenters. The van der Waals surface area contributed by atoms with E-state index in [0.29, 0.717) is 0 Å². The number of nitrogens with zero attached hydrogens (tertiary/aromatic N) is 1. The first-order chi connectivity index (χ1) is 27.3.